The maximum Gasteiger partial charge on any atom is 0.340 e. The number of carbonyl (C=O) groups is 1. The van der Waals surface area contributed by atoms with Gasteiger partial charge in [-0.25, -0.2) is 18.0 Å². The number of pyridine rings is 1. The summed E-state index contributed by atoms with van der Waals surface area (Å²) in [7, 11) is -0.263. The molecule has 0 saturated carbocycles. The normalized spacial score (nSPS) is 12.3. The van der Waals surface area contributed by atoms with E-state index in [4.69, 9.17) is 16.3 Å². The van der Waals surface area contributed by atoms with Crippen molar-refractivity contribution in [3.05, 3.63) is 58.9 Å². The van der Waals surface area contributed by atoms with Gasteiger partial charge < -0.3 is 4.74 Å². The van der Waals surface area contributed by atoms with Gasteiger partial charge in [0.05, 0.1) is 28.3 Å². The maximum absolute atomic E-state index is 13.1. The van der Waals surface area contributed by atoms with E-state index in [1.807, 2.05) is 6.07 Å². The first-order valence-corrected chi connectivity index (χ1v) is 9.49. The molecule has 2 heterocycles. The van der Waals surface area contributed by atoms with Crippen LogP contribution < -0.4 is 0 Å². The molecule has 3 aromatic rings. The fourth-order valence-corrected chi connectivity index (χ4v) is 4.55. The smallest absolute Gasteiger partial charge is 0.340 e. The second kappa shape index (κ2) is 7.04. The first-order chi connectivity index (χ1) is 11.6. The first kappa shape index (κ1) is 17.1. The molecule has 5 nitrogen and oxygen atoms in total. The van der Waals surface area contributed by atoms with Crippen LogP contribution >= 0.6 is 27.5 Å². The fourth-order valence-electron chi connectivity index (χ4n) is 2.43. The van der Waals surface area contributed by atoms with Crippen molar-refractivity contribution in [2.24, 2.45) is 0 Å². The number of aromatic nitrogens is 2. The Balaban J connectivity index is 2.35. The van der Waals surface area contributed by atoms with Gasteiger partial charge >= 0.3 is 5.97 Å². The van der Waals surface area contributed by atoms with Gasteiger partial charge in [0.25, 0.3) is 0 Å². The molecule has 0 aliphatic heterocycles. The molecule has 0 radical (unpaired) electrons. The average Bonchev–Trinajstić information content (AvgIpc) is 2.94. The zero-order chi connectivity index (χ0) is 17.3. The molecular formula is C16H12BrClN2O3S. The summed E-state index contributed by atoms with van der Waals surface area (Å²) in [6.45, 7) is 0. The topological polar surface area (TPSA) is 61.2 Å². The van der Waals surface area contributed by atoms with Gasteiger partial charge in [-0.2, -0.15) is 0 Å². The van der Waals surface area contributed by atoms with Crippen molar-refractivity contribution in [2.45, 2.75) is 10.2 Å². The number of esters is 1. The summed E-state index contributed by atoms with van der Waals surface area (Å²) < 4.78 is 19.5. The number of alkyl halides is 1. The Kier molecular flexibility index (Phi) is 5.03. The maximum atomic E-state index is 13.1. The van der Waals surface area contributed by atoms with Gasteiger partial charge in [-0.1, -0.05) is 45.7 Å². The summed E-state index contributed by atoms with van der Waals surface area (Å²) >= 11 is 9.40. The lowest BCUT2D eigenvalue weighted by Crippen LogP contribution is -2.11. The molecule has 1 aromatic carbocycles. The second-order valence-electron chi connectivity index (χ2n) is 4.83. The Hall–Kier alpha value is -1.70. The Labute approximate surface area is 154 Å². The van der Waals surface area contributed by atoms with Crippen molar-refractivity contribution < 1.29 is 13.7 Å². The summed E-state index contributed by atoms with van der Waals surface area (Å²) in [6, 6.07) is 10.6. The van der Waals surface area contributed by atoms with E-state index in [1.54, 1.807) is 30.3 Å². The Morgan fingerprint density at radius 2 is 2.08 bits per heavy atom. The van der Waals surface area contributed by atoms with Crippen LogP contribution in [0, 0.1) is 0 Å². The molecule has 0 aliphatic rings. The molecule has 0 N–H and O–H groups in total. The number of halogens is 2. The minimum absolute atomic E-state index is 0.309. The number of hydrogen-bond acceptors (Lipinski definition) is 4. The highest BCUT2D eigenvalue weighted by Crippen LogP contribution is 2.31. The van der Waals surface area contributed by atoms with Gasteiger partial charge in [0.2, 0.25) is 0 Å². The number of carbonyl (C=O) groups excluding carboxylic acids is 1. The van der Waals surface area contributed by atoms with Crippen LogP contribution in [0.1, 0.15) is 16.1 Å². The molecule has 3 rings (SSSR count). The third kappa shape index (κ3) is 2.87. The molecule has 0 bridgehead atoms. The zero-order valence-corrected chi connectivity index (χ0v) is 15.7. The Bertz CT molecular complexity index is 943. The standard InChI is InChI=1S/C16H12BrClN2O3S/c1-23-16(21)14-12-7-10(18)9-19-15(12)20(13(14)8-17)24(22)11-5-3-2-4-6-11/h2-7,9H,8H2,1H3. The van der Waals surface area contributed by atoms with Crippen molar-refractivity contribution in [1.29, 1.82) is 0 Å². The monoisotopic (exact) mass is 426 g/mol. The number of benzene rings is 1. The van der Waals surface area contributed by atoms with E-state index in [-0.39, 0.29) is 0 Å². The summed E-state index contributed by atoms with van der Waals surface area (Å²) in [5, 5.41) is 1.20. The minimum Gasteiger partial charge on any atom is -0.465 e. The quantitative estimate of drug-likeness (QED) is 0.467. The van der Waals surface area contributed by atoms with Crippen LogP contribution in [0.15, 0.2) is 47.5 Å². The minimum atomic E-state index is -1.56. The van der Waals surface area contributed by atoms with Gasteiger partial charge in [0.1, 0.15) is 0 Å². The first-order valence-electron chi connectivity index (χ1n) is 6.89. The Morgan fingerprint density at radius 3 is 2.71 bits per heavy atom. The number of hydrogen-bond donors (Lipinski definition) is 0. The van der Waals surface area contributed by atoms with E-state index in [9.17, 15) is 9.00 Å². The number of ether oxygens (including phenoxy) is 1. The largest absolute Gasteiger partial charge is 0.465 e. The highest BCUT2D eigenvalue weighted by atomic mass is 79.9. The zero-order valence-electron chi connectivity index (χ0n) is 12.5. The van der Waals surface area contributed by atoms with Crippen molar-refractivity contribution in [3.63, 3.8) is 0 Å². The number of fused-ring (bicyclic) bond motifs is 1. The summed E-state index contributed by atoms with van der Waals surface area (Å²) in [5.41, 5.74) is 1.24. The lowest BCUT2D eigenvalue weighted by Gasteiger charge is -2.08. The molecule has 1 unspecified atom stereocenters. The number of methoxy groups -OCH3 is 1. The average molecular weight is 428 g/mol. The molecule has 24 heavy (non-hydrogen) atoms. The molecule has 8 heteroatoms. The van der Waals surface area contributed by atoms with Crippen molar-refractivity contribution in [1.82, 2.24) is 8.96 Å². The summed E-state index contributed by atoms with van der Waals surface area (Å²) in [4.78, 5) is 17.1. The molecule has 0 spiro atoms. The molecule has 0 fully saturated rings. The summed E-state index contributed by atoms with van der Waals surface area (Å²) in [6.07, 6.45) is 1.46. The van der Waals surface area contributed by atoms with Crippen LogP contribution in [0.4, 0.5) is 0 Å². The van der Waals surface area contributed by atoms with E-state index >= 15 is 0 Å². The molecule has 1 atom stereocenters. The van der Waals surface area contributed by atoms with Gasteiger partial charge in [-0.15, -0.1) is 0 Å². The molecule has 0 saturated heterocycles. The predicted molar refractivity (Wildman–Crippen MR) is 97.0 cm³/mol. The van der Waals surface area contributed by atoms with Crippen molar-refractivity contribution >= 4 is 55.5 Å². The van der Waals surface area contributed by atoms with E-state index in [2.05, 4.69) is 20.9 Å². The van der Waals surface area contributed by atoms with Gasteiger partial charge in [-0.05, 0) is 18.2 Å². The second-order valence-corrected chi connectivity index (χ2v) is 7.16. The molecule has 0 amide bonds. The van der Waals surface area contributed by atoms with Crippen LogP contribution in [-0.2, 0) is 21.1 Å². The molecular weight excluding hydrogens is 416 g/mol. The molecule has 0 aliphatic carbocycles. The van der Waals surface area contributed by atoms with Crippen molar-refractivity contribution in [3.8, 4) is 0 Å². The third-order valence-corrected chi connectivity index (χ3v) is 5.59. The van der Waals surface area contributed by atoms with Crippen LogP contribution in [-0.4, -0.2) is 26.2 Å². The van der Waals surface area contributed by atoms with E-state index in [1.165, 1.54) is 17.3 Å². The van der Waals surface area contributed by atoms with Gasteiger partial charge in [0, 0.05) is 16.9 Å². The number of rotatable bonds is 4. The van der Waals surface area contributed by atoms with Crippen LogP contribution in [0.2, 0.25) is 5.02 Å². The number of nitrogens with zero attached hydrogens (tertiary/aromatic N) is 2. The van der Waals surface area contributed by atoms with E-state index < -0.39 is 17.0 Å². The van der Waals surface area contributed by atoms with Gasteiger partial charge in [0.15, 0.2) is 16.6 Å². The van der Waals surface area contributed by atoms with Crippen LogP contribution in [0.5, 0.6) is 0 Å². The lowest BCUT2D eigenvalue weighted by atomic mass is 10.2. The molecule has 2 aromatic heterocycles. The fraction of sp³-hybridized carbons (Fsp3) is 0.125. The van der Waals surface area contributed by atoms with Crippen LogP contribution in [0.3, 0.4) is 0 Å². The lowest BCUT2D eigenvalue weighted by molar-refractivity contribution is 0.0602. The SMILES string of the molecule is COC(=O)c1c(CBr)n(S(=O)c2ccccc2)c2ncc(Cl)cc12. The highest BCUT2D eigenvalue weighted by Gasteiger charge is 2.26. The third-order valence-electron chi connectivity index (χ3n) is 3.46. The van der Waals surface area contributed by atoms with Gasteiger partial charge in [-0.3, -0.25) is 0 Å². The highest BCUT2D eigenvalue weighted by molar-refractivity contribution is 9.08. The predicted octanol–water partition coefficient (Wildman–Crippen LogP) is 3.94. The van der Waals surface area contributed by atoms with E-state index in [0.717, 1.165) is 0 Å². The summed E-state index contributed by atoms with van der Waals surface area (Å²) in [5.74, 6) is -0.526. The molecule has 124 valence electrons. The van der Waals surface area contributed by atoms with Crippen molar-refractivity contribution in [2.75, 3.05) is 7.11 Å². The Morgan fingerprint density at radius 1 is 1.38 bits per heavy atom. The van der Waals surface area contributed by atoms with Crippen LogP contribution in [0.25, 0.3) is 11.0 Å². The van der Waals surface area contributed by atoms with E-state index in [0.29, 0.717) is 37.5 Å².